The molecule has 0 saturated carbocycles. The molecule has 1 heterocycles. The van der Waals surface area contributed by atoms with Gasteiger partial charge in [0.15, 0.2) is 12.4 Å². The van der Waals surface area contributed by atoms with Crippen LogP contribution in [0, 0.1) is 5.92 Å². The van der Waals surface area contributed by atoms with Gasteiger partial charge in [-0.1, -0.05) is 42.5 Å². The van der Waals surface area contributed by atoms with E-state index < -0.39 is 11.8 Å². The van der Waals surface area contributed by atoms with Gasteiger partial charge in [-0.3, -0.25) is 0 Å². The van der Waals surface area contributed by atoms with E-state index in [1.54, 1.807) is 6.07 Å². The van der Waals surface area contributed by atoms with Crippen LogP contribution in [0.15, 0.2) is 54.6 Å². The number of ether oxygens (including phenoxy) is 3. The van der Waals surface area contributed by atoms with E-state index >= 15 is 0 Å². The Balaban J connectivity index is 1.76. The Morgan fingerprint density at radius 1 is 1.19 bits per heavy atom. The highest BCUT2D eigenvalue weighted by atomic mass is 16.7. The van der Waals surface area contributed by atoms with Gasteiger partial charge in [0.2, 0.25) is 0 Å². The number of carboxylic acid groups (broad SMARTS) is 1. The number of hydrogen-bond acceptors (Lipinski definition) is 4. The molecular formula is C21H24O5. The maximum atomic E-state index is 10.7. The monoisotopic (exact) mass is 356 g/mol. The molecule has 26 heavy (non-hydrogen) atoms. The third kappa shape index (κ3) is 4.84. The van der Waals surface area contributed by atoms with Crippen molar-refractivity contribution in [2.75, 3.05) is 13.2 Å². The first-order valence-corrected chi connectivity index (χ1v) is 8.73. The van der Waals surface area contributed by atoms with Crippen LogP contribution in [0.3, 0.4) is 0 Å². The lowest BCUT2D eigenvalue weighted by Gasteiger charge is -2.41. The average molecular weight is 356 g/mol. The zero-order chi connectivity index (χ0) is 18.6. The van der Waals surface area contributed by atoms with E-state index in [9.17, 15) is 4.79 Å². The van der Waals surface area contributed by atoms with Crippen LogP contribution in [-0.4, -0.2) is 30.1 Å². The second kappa shape index (κ2) is 7.89. The average Bonchev–Trinajstić information content (AvgIpc) is 2.62. The Morgan fingerprint density at radius 3 is 2.69 bits per heavy atom. The second-order valence-corrected chi connectivity index (χ2v) is 6.95. The molecule has 0 amide bonds. The summed E-state index contributed by atoms with van der Waals surface area (Å²) in [7, 11) is 0. The van der Waals surface area contributed by atoms with Crippen LogP contribution in [0.1, 0.15) is 31.1 Å². The minimum atomic E-state index is -0.990. The molecule has 1 aliphatic heterocycles. The van der Waals surface area contributed by atoms with Crippen LogP contribution < -0.4 is 4.74 Å². The van der Waals surface area contributed by atoms with Gasteiger partial charge in [0, 0.05) is 5.92 Å². The quantitative estimate of drug-likeness (QED) is 0.852. The van der Waals surface area contributed by atoms with Crippen LogP contribution in [0.2, 0.25) is 0 Å². The number of carbonyl (C=O) groups is 1. The molecule has 1 fully saturated rings. The number of rotatable bonds is 6. The lowest BCUT2D eigenvalue weighted by atomic mass is 9.89. The van der Waals surface area contributed by atoms with E-state index in [1.165, 1.54) is 0 Å². The Labute approximate surface area is 153 Å². The molecular weight excluding hydrogens is 332 g/mol. The highest BCUT2D eigenvalue weighted by Crippen LogP contribution is 2.38. The van der Waals surface area contributed by atoms with E-state index in [0.717, 1.165) is 17.5 Å². The third-order valence-electron chi connectivity index (χ3n) is 4.37. The zero-order valence-corrected chi connectivity index (χ0v) is 15.1. The molecule has 0 aliphatic carbocycles. The van der Waals surface area contributed by atoms with Crippen molar-refractivity contribution in [3.05, 3.63) is 65.7 Å². The Kier molecular flexibility index (Phi) is 5.59. The molecule has 3 rings (SSSR count). The number of benzene rings is 2. The molecule has 2 atom stereocenters. The van der Waals surface area contributed by atoms with Gasteiger partial charge in [-0.25, -0.2) is 4.79 Å². The largest absolute Gasteiger partial charge is 0.482 e. The van der Waals surface area contributed by atoms with Gasteiger partial charge >= 0.3 is 5.97 Å². The molecule has 5 nitrogen and oxygen atoms in total. The van der Waals surface area contributed by atoms with Crippen molar-refractivity contribution in [2.45, 2.75) is 32.2 Å². The lowest BCUT2D eigenvalue weighted by Crippen LogP contribution is -2.42. The van der Waals surface area contributed by atoms with Crippen LogP contribution in [0.5, 0.6) is 5.75 Å². The predicted octanol–water partition coefficient (Wildman–Crippen LogP) is 3.83. The third-order valence-corrected chi connectivity index (χ3v) is 4.37. The smallest absolute Gasteiger partial charge is 0.341 e. The molecule has 5 heteroatoms. The van der Waals surface area contributed by atoms with Crippen LogP contribution >= 0.6 is 0 Å². The van der Waals surface area contributed by atoms with Crippen molar-refractivity contribution in [3.63, 3.8) is 0 Å². The predicted molar refractivity (Wildman–Crippen MR) is 97.1 cm³/mol. The summed E-state index contributed by atoms with van der Waals surface area (Å²) in [4.78, 5) is 10.7. The van der Waals surface area contributed by atoms with Crippen molar-refractivity contribution in [2.24, 2.45) is 5.92 Å². The Bertz CT molecular complexity index is 741. The first-order chi connectivity index (χ1) is 12.4. The van der Waals surface area contributed by atoms with Gasteiger partial charge in [-0.15, -0.1) is 0 Å². The van der Waals surface area contributed by atoms with Gasteiger partial charge in [0.1, 0.15) is 5.75 Å². The van der Waals surface area contributed by atoms with Crippen LogP contribution in [0.25, 0.3) is 0 Å². The summed E-state index contributed by atoms with van der Waals surface area (Å²) >= 11 is 0. The summed E-state index contributed by atoms with van der Waals surface area (Å²) in [5.41, 5.74) is 2.19. The first-order valence-electron chi connectivity index (χ1n) is 8.73. The summed E-state index contributed by atoms with van der Waals surface area (Å²) in [5.74, 6) is -0.904. The highest BCUT2D eigenvalue weighted by Gasteiger charge is 2.37. The molecule has 1 N–H and O–H groups in total. The van der Waals surface area contributed by atoms with Gasteiger partial charge in [0.05, 0.1) is 12.7 Å². The van der Waals surface area contributed by atoms with E-state index in [0.29, 0.717) is 12.4 Å². The van der Waals surface area contributed by atoms with E-state index in [1.807, 2.05) is 50.2 Å². The molecule has 0 unspecified atom stereocenters. The zero-order valence-electron chi connectivity index (χ0n) is 15.1. The SMILES string of the molecule is CC1(C)OC[C@@H](Cc2cccc(OCC(=O)O)c2)[C@@H](c2ccccc2)O1. The summed E-state index contributed by atoms with van der Waals surface area (Å²) in [6.45, 7) is 4.10. The lowest BCUT2D eigenvalue weighted by molar-refractivity contribution is -0.295. The molecule has 0 aromatic heterocycles. The summed E-state index contributed by atoms with van der Waals surface area (Å²) in [6, 6.07) is 17.7. The second-order valence-electron chi connectivity index (χ2n) is 6.95. The molecule has 0 radical (unpaired) electrons. The van der Waals surface area contributed by atoms with E-state index in [-0.39, 0.29) is 18.6 Å². The van der Waals surface area contributed by atoms with E-state index in [4.69, 9.17) is 19.3 Å². The van der Waals surface area contributed by atoms with Crippen molar-refractivity contribution < 1.29 is 24.1 Å². The minimum Gasteiger partial charge on any atom is -0.482 e. The number of aliphatic carboxylic acids is 1. The molecule has 2 aromatic rings. The highest BCUT2D eigenvalue weighted by molar-refractivity contribution is 5.68. The van der Waals surface area contributed by atoms with Crippen LogP contribution in [0.4, 0.5) is 0 Å². The van der Waals surface area contributed by atoms with Gasteiger partial charge in [0.25, 0.3) is 0 Å². The normalized spacial score (nSPS) is 21.9. The topological polar surface area (TPSA) is 65.0 Å². The first kappa shape index (κ1) is 18.4. The van der Waals surface area contributed by atoms with Gasteiger partial charge in [-0.05, 0) is 43.5 Å². The molecule has 1 saturated heterocycles. The minimum absolute atomic E-state index is 0.0662. The molecule has 0 spiro atoms. The molecule has 138 valence electrons. The molecule has 0 bridgehead atoms. The fourth-order valence-electron chi connectivity index (χ4n) is 3.19. The van der Waals surface area contributed by atoms with Crippen molar-refractivity contribution >= 4 is 5.97 Å². The summed E-state index contributed by atoms with van der Waals surface area (Å²) in [6.07, 6.45) is 0.684. The van der Waals surface area contributed by atoms with E-state index in [2.05, 4.69) is 12.1 Å². The molecule has 1 aliphatic rings. The van der Waals surface area contributed by atoms with Crippen molar-refractivity contribution in [1.82, 2.24) is 0 Å². The fourth-order valence-corrected chi connectivity index (χ4v) is 3.19. The van der Waals surface area contributed by atoms with Crippen molar-refractivity contribution in [1.29, 1.82) is 0 Å². The van der Waals surface area contributed by atoms with Crippen LogP contribution in [-0.2, 0) is 20.7 Å². The number of hydrogen-bond donors (Lipinski definition) is 1. The Morgan fingerprint density at radius 2 is 1.96 bits per heavy atom. The number of carboxylic acids is 1. The fraction of sp³-hybridized carbons (Fsp3) is 0.381. The molecule has 2 aromatic carbocycles. The summed E-state index contributed by atoms with van der Waals surface area (Å²) < 4.78 is 17.4. The Hall–Kier alpha value is -2.37. The van der Waals surface area contributed by atoms with Crippen molar-refractivity contribution in [3.8, 4) is 5.75 Å². The maximum absolute atomic E-state index is 10.7. The van der Waals surface area contributed by atoms with Gasteiger partial charge in [-0.2, -0.15) is 0 Å². The van der Waals surface area contributed by atoms with Gasteiger partial charge < -0.3 is 19.3 Å². The summed E-state index contributed by atoms with van der Waals surface area (Å²) in [5, 5.41) is 8.76. The standard InChI is InChI=1S/C21H24O5/c1-21(2)25-13-17(20(26-21)16-8-4-3-5-9-16)11-15-7-6-10-18(12-15)24-14-19(22)23/h3-10,12,17,20H,11,13-14H2,1-2H3,(H,22,23)/t17-,20-/m1/s1. The maximum Gasteiger partial charge on any atom is 0.341 e.